The molecular formula is C20H23FN4O2. The molecule has 1 aliphatic rings. The number of hydrogen-bond donors (Lipinski definition) is 3. The highest BCUT2D eigenvalue weighted by Gasteiger charge is 2.22. The number of piperidine rings is 1. The van der Waals surface area contributed by atoms with Crippen molar-refractivity contribution in [2.45, 2.75) is 18.9 Å². The van der Waals surface area contributed by atoms with Crippen molar-refractivity contribution in [2.24, 2.45) is 0 Å². The molecule has 0 spiro atoms. The fraction of sp³-hybridized carbons (Fsp3) is 0.300. The van der Waals surface area contributed by atoms with Crippen molar-refractivity contribution in [3.8, 4) is 0 Å². The Morgan fingerprint density at radius 3 is 2.33 bits per heavy atom. The number of hydrogen-bond acceptors (Lipinski definition) is 3. The summed E-state index contributed by atoms with van der Waals surface area (Å²) < 4.78 is 13.6. The molecule has 0 saturated carbocycles. The molecule has 3 amide bonds. The van der Waals surface area contributed by atoms with Crippen LogP contribution in [0.2, 0.25) is 0 Å². The number of rotatable bonds is 5. The first kappa shape index (κ1) is 18.8. The Morgan fingerprint density at radius 2 is 1.63 bits per heavy atom. The number of nitrogens with zero attached hydrogens (tertiary/aromatic N) is 1. The van der Waals surface area contributed by atoms with Crippen LogP contribution in [0.15, 0.2) is 54.6 Å². The fourth-order valence-electron chi connectivity index (χ4n) is 3.06. The Labute approximate surface area is 157 Å². The summed E-state index contributed by atoms with van der Waals surface area (Å²) in [6.07, 6.45) is 1.52. The third kappa shape index (κ3) is 5.79. The Hall–Kier alpha value is -2.93. The molecule has 3 N–H and O–H groups in total. The monoisotopic (exact) mass is 370 g/mol. The van der Waals surface area contributed by atoms with E-state index in [1.165, 1.54) is 12.1 Å². The van der Waals surface area contributed by atoms with Gasteiger partial charge in [0.2, 0.25) is 5.91 Å². The van der Waals surface area contributed by atoms with Crippen LogP contribution in [-0.4, -0.2) is 42.5 Å². The molecular weight excluding hydrogens is 347 g/mol. The summed E-state index contributed by atoms with van der Waals surface area (Å²) in [6.45, 7) is 1.60. The lowest BCUT2D eigenvalue weighted by atomic mass is 10.1. The normalized spacial score (nSPS) is 15.1. The summed E-state index contributed by atoms with van der Waals surface area (Å²) in [7, 11) is 0. The van der Waals surface area contributed by atoms with Crippen molar-refractivity contribution in [1.29, 1.82) is 0 Å². The summed E-state index contributed by atoms with van der Waals surface area (Å²) in [4.78, 5) is 26.1. The van der Waals surface area contributed by atoms with Crippen molar-refractivity contribution in [2.75, 3.05) is 30.3 Å². The van der Waals surface area contributed by atoms with Gasteiger partial charge in [-0.25, -0.2) is 9.18 Å². The summed E-state index contributed by atoms with van der Waals surface area (Å²) in [6, 6.07) is 15.2. The molecule has 0 radical (unpaired) electrons. The van der Waals surface area contributed by atoms with E-state index in [1.807, 2.05) is 35.2 Å². The molecule has 1 saturated heterocycles. The first-order chi connectivity index (χ1) is 13.1. The lowest BCUT2D eigenvalue weighted by molar-refractivity contribution is -0.117. The molecule has 0 aliphatic carbocycles. The number of para-hydroxylation sites is 2. The third-order valence-electron chi connectivity index (χ3n) is 4.47. The van der Waals surface area contributed by atoms with Gasteiger partial charge >= 0.3 is 6.03 Å². The van der Waals surface area contributed by atoms with Crippen molar-refractivity contribution in [1.82, 2.24) is 10.2 Å². The van der Waals surface area contributed by atoms with Gasteiger partial charge in [0.05, 0.1) is 12.2 Å². The van der Waals surface area contributed by atoms with E-state index in [4.69, 9.17) is 0 Å². The van der Waals surface area contributed by atoms with Gasteiger partial charge in [0, 0.05) is 24.8 Å². The predicted molar refractivity (Wildman–Crippen MR) is 103 cm³/mol. The predicted octanol–water partition coefficient (Wildman–Crippen LogP) is 3.05. The van der Waals surface area contributed by atoms with Crippen molar-refractivity contribution >= 4 is 23.3 Å². The lowest BCUT2D eigenvalue weighted by Gasteiger charge is -2.31. The highest BCUT2D eigenvalue weighted by Crippen LogP contribution is 2.14. The van der Waals surface area contributed by atoms with E-state index in [0.29, 0.717) is 13.1 Å². The smallest absolute Gasteiger partial charge is 0.319 e. The zero-order chi connectivity index (χ0) is 19.1. The zero-order valence-corrected chi connectivity index (χ0v) is 15.0. The maximum absolute atomic E-state index is 13.6. The third-order valence-corrected chi connectivity index (χ3v) is 4.47. The van der Waals surface area contributed by atoms with Crippen molar-refractivity contribution in [3.63, 3.8) is 0 Å². The number of likely N-dealkylation sites (tertiary alicyclic amines) is 1. The summed E-state index contributed by atoms with van der Waals surface area (Å²) in [5, 5.41) is 8.36. The molecule has 3 rings (SSSR count). The van der Waals surface area contributed by atoms with E-state index in [2.05, 4.69) is 16.0 Å². The Kier molecular flexibility index (Phi) is 6.38. The Balaban J connectivity index is 1.39. The van der Waals surface area contributed by atoms with Crippen LogP contribution in [0.5, 0.6) is 0 Å². The van der Waals surface area contributed by atoms with E-state index in [1.54, 1.807) is 12.1 Å². The Bertz CT molecular complexity index is 777. The topological polar surface area (TPSA) is 73.5 Å². The zero-order valence-electron chi connectivity index (χ0n) is 15.0. The number of carbonyl (C=O) groups excluding carboxylic acids is 2. The molecule has 0 atom stereocenters. The minimum atomic E-state index is -0.446. The molecule has 2 aromatic carbocycles. The molecule has 0 unspecified atom stereocenters. The SMILES string of the molecule is O=C(CN1CCC(NC(=O)Nc2ccccc2)CC1)Nc1ccccc1F. The number of carbonyl (C=O) groups is 2. The van der Waals surface area contributed by atoms with E-state index in [-0.39, 0.29) is 30.2 Å². The van der Waals surface area contributed by atoms with Crippen LogP contribution in [0, 0.1) is 5.82 Å². The summed E-state index contributed by atoms with van der Waals surface area (Å²) in [5.41, 5.74) is 0.939. The quantitative estimate of drug-likeness (QED) is 0.757. The van der Waals surface area contributed by atoms with Crippen LogP contribution in [0.3, 0.4) is 0 Å². The summed E-state index contributed by atoms with van der Waals surface area (Å²) >= 11 is 0. The maximum atomic E-state index is 13.6. The maximum Gasteiger partial charge on any atom is 0.319 e. The molecule has 1 heterocycles. The minimum absolute atomic E-state index is 0.0691. The highest BCUT2D eigenvalue weighted by molar-refractivity contribution is 5.92. The second-order valence-corrected chi connectivity index (χ2v) is 6.54. The number of halogens is 1. The number of benzene rings is 2. The summed E-state index contributed by atoms with van der Waals surface area (Å²) in [5.74, 6) is -0.688. The number of amides is 3. The van der Waals surface area contributed by atoms with Crippen LogP contribution in [-0.2, 0) is 4.79 Å². The molecule has 7 heteroatoms. The minimum Gasteiger partial charge on any atom is -0.335 e. The first-order valence-electron chi connectivity index (χ1n) is 8.99. The van der Waals surface area contributed by atoms with Gasteiger partial charge in [-0.15, -0.1) is 0 Å². The lowest BCUT2D eigenvalue weighted by Crippen LogP contribution is -2.47. The van der Waals surface area contributed by atoms with Gasteiger partial charge in [-0.2, -0.15) is 0 Å². The van der Waals surface area contributed by atoms with Crippen LogP contribution in [0.25, 0.3) is 0 Å². The molecule has 142 valence electrons. The largest absolute Gasteiger partial charge is 0.335 e. The standard InChI is InChI=1S/C20H23FN4O2/c21-17-8-4-5-9-18(17)24-19(26)14-25-12-10-16(11-13-25)23-20(27)22-15-6-2-1-3-7-15/h1-9,16H,10-14H2,(H,24,26)(H2,22,23,27). The van der Waals surface area contributed by atoms with Gasteiger partial charge in [-0.1, -0.05) is 30.3 Å². The van der Waals surface area contributed by atoms with Crippen LogP contribution >= 0.6 is 0 Å². The van der Waals surface area contributed by atoms with Crippen molar-refractivity contribution < 1.29 is 14.0 Å². The number of urea groups is 1. The molecule has 0 aromatic heterocycles. The molecule has 0 bridgehead atoms. The number of nitrogens with one attached hydrogen (secondary N) is 3. The first-order valence-corrected chi connectivity index (χ1v) is 8.99. The second kappa shape index (κ2) is 9.14. The van der Waals surface area contributed by atoms with Gasteiger partial charge < -0.3 is 16.0 Å². The average Bonchev–Trinajstić information content (AvgIpc) is 2.66. The van der Waals surface area contributed by atoms with E-state index >= 15 is 0 Å². The van der Waals surface area contributed by atoms with Gasteiger partial charge in [0.15, 0.2) is 0 Å². The second-order valence-electron chi connectivity index (χ2n) is 6.54. The molecule has 27 heavy (non-hydrogen) atoms. The Morgan fingerprint density at radius 1 is 0.963 bits per heavy atom. The fourth-order valence-corrected chi connectivity index (χ4v) is 3.06. The van der Waals surface area contributed by atoms with Crippen molar-refractivity contribution in [3.05, 3.63) is 60.4 Å². The van der Waals surface area contributed by atoms with Gasteiger partial charge in [0.25, 0.3) is 0 Å². The van der Waals surface area contributed by atoms with E-state index < -0.39 is 5.82 Å². The number of anilines is 2. The van der Waals surface area contributed by atoms with Crippen LogP contribution < -0.4 is 16.0 Å². The highest BCUT2D eigenvalue weighted by atomic mass is 19.1. The van der Waals surface area contributed by atoms with E-state index in [9.17, 15) is 14.0 Å². The van der Waals surface area contributed by atoms with Gasteiger partial charge in [-0.3, -0.25) is 9.69 Å². The van der Waals surface area contributed by atoms with Gasteiger partial charge in [-0.05, 0) is 37.1 Å². The van der Waals surface area contributed by atoms with Crippen LogP contribution in [0.1, 0.15) is 12.8 Å². The molecule has 2 aromatic rings. The van der Waals surface area contributed by atoms with Crippen LogP contribution in [0.4, 0.5) is 20.6 Å². The average molecular weight is 370 g/mol. The van der Waals surface area contributed by atoms with E-state index in [0.717, 1.165) is 18.5 Å². The van der Waals surface area contributed by atoms with Gasteiger partial charge in [0.1, 0.15) is 5.82 Å². The molecule has 1 fully saturated rings. The molecule has 6 nitrogen and oxygen atoms in total. The molecule has 1 aliphatic heterocycles.